The van der Waals surface area contributed by atoms with Crippen LogP contribution in [0.25, 0.3) is 0 Å². The molecule has 1 fully saturated rings. The summed E-state index contributed by atoms with van der Waals surface area (Å²) in [6.45, 7) is 2.10. The molecule has 1 saturated heterocycles. The van der Waals surface area contributed by atoms with Crippen LogP contribution in [0, 0.1) is 0 Å². The van der Waals surface area contributed by atoms with Crippen LogP contribution in [0.1, 0.15) is 21.6 Å². The lowest BCUT2D eigenvalue weighted by atomic mass is 10.2. The summed E-state index contributed by atoms with van der Waals surface area (Å²) in [6.07, 6.45) is 0.181. The second-order valence-corrected chi connectivity index (χ2v) is 2.27. The van der Waals surface area contributed by atoms with E-state index in [1.165, 1.54) is 0 Å². The van der Waals surface area contributed by atoms with Crippen molar-refractivity contribution < 1.29 is 11.2 Å². The average molecular weight is 117 g/mol. The Hall–Kier alpha value is -0.0800. The van der Waals surface area contributed by atoms with Gasteiger partial charge in [0.25, 0.3) is 0 Å². The van der Waals surface area contributed by atoms with Crippen LogP contribution < -0.4 is 0 Å². The van der Waals surface area contributed by atoms with Gasteiger partial charge in [-0.3, -0.25) is 0 Å². The van der Waals surface area contributed by atoms with Crippen molar-refractivity contribution in [2.24, 2.45) is 0 Å². The fourth-order valence-electron chi connectivity index (χ4n) is 0.911. The lowest BCUT2D eigenvalue weighted by Gasteiger charge is -2.04. The number of aliphatic hydroxyl groups is 1. The van der Waals surface area contributed by atoms with Gasteiger partial charge in [0.1, 0.15) is 0 Å². The summed E-state index contributed by atoms with van der Waals surface area (Å²) in [7, 11) is 0. The molecule has 0 spiro atoms. The zero-order valence-electron chi connectivity index (χ0n) is 6.00. The Labute approximate surface area is 50.9 Å². The monoisotopic (exact) mass is 117 g/mol. The molecule has 0 aromatic heterocycles. The molecule has 0 aromatic rings. The molecule has 48 valence electrons. The van der Waals surface area contributed by atoms with Crippen LogP contribution >= 0.6 is 0 Å². The van der Waals surface area contributed by atoms with E-state index in [4.69, 9.17) is 11.2 Å². The van der Waals surface area contributed by atoms with E-state index in [1.54, 1.807) is 0 Å². The summed E-state index contributed by atoms with van der Waals surface area (Å²) in [5, 5.41) is 9.09. The van der Waals surface area contributed by atoms with Crippen molar-refractivity contribution in [2.75, 3.05) is 0 Å². The van der Waals surface area contributed by atoms with Crippen molar-refractivity contribution in [2.45, 2.75) is 38.6 Å². The Morgan fingerprint density at radius 1 is 1.88 bits per heavy atom. The molecular weight excluding hydrogens is 104 g/mol. The highest BCUT2D eigenvalue weighted by atomic mass is 16.5. The molecule has 0 bridgehead atoms. The summed E-state index contributed by atoms with van der Waals surface area (Å²) >= 11 is 0. The van der Waals surface area contributed by atoms with Gasteiger partial charge in [-0.05, 0) is 13.8 Å². The van der Waals surface area contributed by atoms with Gasteiger partial charge in [-0.25, -0.2) is 0 Å². The van der Waals surface area contributed by atoms with E-state index in [9.17, 15) is 0 Å². The standard InChI is InChI=1S/C6H12O2/c1-4-3-6(7)5(2)8-4/h4-7H,3H2,1-2H3/t4-,5+,6?/m1/s1/i1D. The third-order valence-corrected chi connectivity index (χ3v) is 1.45. The maximum Gasteiger partial charge on any atom is 0.0823 e. The largest absolute Gasteiger partial charge is 0.390 e. The maximum absolute atomic E-state index is 9.09. The van der Waals surface area contributed by atoms with Crippen LogP contribution in [0.15, 0.2) is 0 Å². The highest BCUT2D eigenvalue weighted by Crippen LogP contribution is 2.18. The van der Waals surface area contributed by atoms with Crippen molar-refractivity contribution >= 4 is 0 Å². The Balaban J connectivity index is 2.35. The van der Waals surface area contributed by atoms with Gasteiger partial charge in [0.2, 0.25) is 0 Å². The van der Waals surface area contributed by atoms with Crippen molar-refractivity contribution in [1.82, 2.24) is 0 Å². The van der Waals surface area contributed by atoms with E-state index in [-0.39, 0.29) is 25.2 Å². The minimum absolute atomic E-state index is 0.0324. The minimum atomic E-state index is -0.347. The first-order valence-corrected chi connectivity index (χ1v) is 2.87. The molecule has 3 atom stereocenters. The molecule has 0 amide bonds. The van der Waals surface area contributed by atoms with Crippen molar-refractivity contribution in [1.29, 1.82) is 0 Å². The van der Waals surface area contributed by atoms with Crippen LogP contribution in [0.3, 0.4) is 0 Å². The molecule has 0 aliphatic carbocycles. The summed E-state index contributed by atoms with van der Waals surface area (Å²) in [4.78, 5) is 0. The SMILES string of the molecule is [2H]C[C@@H]1CC(O)[C@H](C)O1. The van der Waals surface area contributed by atoms with Gasteiger partial charge in [-0.15, -0.1) is 0 Å². The Morgan fingerprint density at radius 2 is 2.62 bits per heavy atom. The number of rotatable bonds is 0. The summed E-state index contributed by atoms with van der Waals surface area (Å²) in [6, 6.07) is 0. The number of aliphatic hydroxyl groups excluding tert-OH is 1. The van der Waals surface area contributed by atoms with E-state index in [1.807, 2.05) is 6.92 Å². The quantitative estimate of drug-likeness (QED) is 0.502. The van der Waals surface area contributed by atoms with Crippen LogP contribution in [0.4, 0.5) is 0 Å². The lowest BCUT2D eigenvalue weighted by molar-refractivity contribution is 0.0287. The molecule has 0 saturated carbocycles. The second kappa shape index (κ2) is 2.03. The Morgan fingerprint density at radius 3 is 2.88 bits per heavy atom. The molecule has 1 N–H and O–H groups in total. The molecule has 1 heterocycles. The molecule has 0 radical (unpaired) electrons. The third kappa shape index (κ3) is 1.01. The third-order valence-electron chi connectivity index (χ3n) is 1.45. The van der Waals surface area contributed by atoms with Crippen molar-refractivity contribution in [3.63, 3.8) is 0 Å². The van der Waals surface area contributed by atoms with Gasteiger partial charge in [-0.2, -0.15) is 0 Å². The van der Waals surface area contributed by atoms with Crippen LogP contribution in [0.5, 0.6) is 0 Å². The molecule has 2 nitrogen and oxygen atoms in total. The highest BCUT2D eigenvalue weighted by molar-refractivity contribution is 4.75. The number of hydrogen-bond donors (Lipinski definition) is 1. The molecular formula is C6H12O2. The molecule has 1 aliphatic rings. The van der Waals surface area contributed by atoms with Crippen molar-refractivity contribution in [3.05, 3.63) is 0 Å². The molecule has 8 heavy (non-hydrogen) atoms. The van der Waals surface area contributed by atoms with Gasteiger partial charge in [0.15, 0.2) is 0 Å². The zero-order chi connectivity index (χ0) is 6.85. The fourth-order valence-corrected chi connectivity index (χ4v) is 0.911. The minimum Gasteiger partial charge on any atom is -0.390 e. The molecule has 2 heteroatoms. The van der Waals surface area contributed by atoms with Crippen LogP contribution in [-0.4, -0.2) is 23.4 Å². The van der Waals surface area contributed by atoms with Gasteiger partial charge in [-0.1, -0.05) is 0 Å². The molecule has 1 unspecified atom stereocenters. The smallest absolute Gasteiger partial charge is 0.0823 e. The van der Waals surface area contributed by atoms with E-state index >= 15 is 0 Å². The number of ether oxygens (including phenoxy) is 1. The van der Waals surface area contributed by atoms with E-state index < -0.39 is 0 Å². The zero-order valence-corrected chi connectivity index (χ0v) is 5.00. The first kappa shape index (κ1) is 4.77. The predicted octanol–water partition coefficient (Wildman–Crippen LogP) is 0.545. The van der Waals surface area contributed by atoms with Gasteiger partial charge < -0.3 is 9.84 Å². The average Bonchev–Trinajstić information content (AvgIpc) is 2.13. The lowest BCUT2D eigenvalue weighted by Crippen LogP contribution is -2.15. The van der Waals surface area contributed by atoms with E-state index in [2.05, 4.69) is 0 Å². The Kier molecular flexibility index (Phi) is 1.21. The van der Waals surface area contributed by atoms with Gasteiger partial charge in [0.05, 0.1) is 18.3 Å². The molecule has 1 aliphatic heterocycles. The van der Waals surface area contributed by atoms with Gasteiger partial charge >= 0.3 is 0 Å². The summed E-state index contributed by atoms with van der Waals surface area (Å²) in [5.74, 6) is 0. The first-order valence-electron chi connectivity index (χ1n) is 3.57. The normalized spacial score (nSPS) is 49.2. The first-order chi connectivity index (χ1) is 4.24. The van der Waals surface area contributed by atoms with E-state index in [0.29, 0.717) is 6.42 Å². The topological polar surface area (TPSA) is 29.5 Å². The van der Waals surface area contributed by atoms with Crippen LogP contribution in [-0.2, 0) is 4.74 Å². The summed E-state index contributed by atoms with van der Waals surface area (Å²) in [5.41, 5.74) is 0. The molecule has 0 aromatic carbocycles. The van der Waals surface area contributed by atoms with Crippen LogP contribution in [0.2, 0.25) is 0 Å². The summed E-state index contributed by atoms with van der Waals surface area (Å²) < 4.78 is 12.1. The maximum atomic E-state index is 9.09. The second-order valence-electron chi connectivity index (χ2n) is 2.27. The predicted molar refractivity (Wildman–Crippen MR) is 30.6 cm³/mol. The van der Waals surface area contributed by atoms with Gasteiger partial charge in [0, 0.05) is 7.79 Å². The fraction of sp³-hybridized carbons (Fsp3) is 1.00. The number of hydrogen-bond acceptors (Lipinski definition) is 2. The van der Waals surface area contributed by atoms with Crippen molar-refractivity contribution in [3.8, 4) is 0 Å². The molecule has 1 rings (SSSR count). The Bertz CT molecular complexity index is 87.1. The van der Waals surface area contributed by atoms with E-state index in [0.717, 1.165) is 0 Å². The highest BCUT2D eigenvalue weighted by Gasteiger charge is 2.26.